The van der Waals surface area contributed by atoms with Crippen molar-refractivity contribution in [1.29, 1.82) is 0 Å². The van der Waals surface area contributed by atoms with Crippen molar-refractivity contribution in [2.75, 3.05) is 29.6 Å². The van der Waals surface area contributed by atoms with Gasteiger partial charge in [0.25, 0.3) is 0 Å². The molecule has 4 heterocycles. The number of nitrogens with one attached hydrogen (secondary N) is 2. The zero-order valence-corrected chi connectivity index (χ0v) is 18.2. The summed E-state index contributed by atoms with van der Waals surface area (Å²) in [4.78, 5) is 10.6. The second-order valence-electron chi connectivity index (χ2n) is 7.64. The summed E-state index contributed by atoms with van der Waals surface area (Å²) in [7, 11) is -3.37. The first kappa shape index (κ1) is 20.4. The van der Waals surface area contributed by atoms with Crippen LogP contribution in [0.4, 0.5) is 11.4 Å². The minimum Gasteiger partial charge on any atom is -0.381 e. The third-order valence-corrected chi connectivity index (χ3v) is 5.75. The van der Waals surface area contributed by atoms with E-state index in [4.69, 9.17) is 4.74 Å². The summed E-state index contributed by atoms with van der Waals surface area (Å²) in [5.41, 5.74) is 6.53. The van der Waals surface area contributed by atoms with E-state index in [0.29, 0.717) is 34.2 Å². The van der Waals surface area contributed by atoms with Crippen LogP contribution in [0.15, 0.2) is 49.1 Å². The van der Waals surface area contributed by atoms with E-state index in [1.165, 1.54) is 0 Å². The molecule has 2 N–H and O–H groups in total. The predicted octanol–water partition coefficient (Wildman–Crippen LogP) is 2.29. The Labute approximate surface area is 184 Å². The van der Waals surface area contributed by atoms with Crippen LogP contribution in [-0.4, -0.2) is 57.5 Å². The van der Waals surface area contributed by atoms with Crippen LogP contribution >= 0.6 is 0 Å². The first-order valence-corrected chi connectivity index (χ1v) is 12.0. The molecule has 12 heteroatoms. The summed E-state index contributed by atoms with van der Waals surface area (Å²) in [6.07, 6.45) is 10.0. The molecule has 1 aliphatic rings. The number of hydrogen-bond acceptors (Lipinski definition) is 8. The second-order valence-corrected chi connectivity index (χ2v) is 9.39. The molecule has 166 valence electrons. The van der Waals surface area contributed by atoms with Gasteiger partial charge >= 0.3 is 0 Å². The summed E-state index contributed by atoms with van der Waals surface area (Å²) < 4.78 is 32.8. The molecule has 1 aromatic carbocycles. The molecule has 5 rings (SSSR count). The highest BCUT2D eigenvalue weighted by atomic mass is 32.2. The monoisotopic (exact) mass is 454 g/mol. The van der Waals surface area contributed by atoms with Crippen molar-refractivity contribution < 1.29 is 13.2 Å². The molecule has 0 spiro atoms. The lowest BCUT2D eigenvalue weighted by Gasteiger charge is -2.22. The lowest BCUT2D eigenvalue weighted by Crippen LogP contribution is -2.19. The molecule has 0 radical (unpaired) electrons. The number of hydrogen-bond donors (Lipinski definition) is 2. The number of rotatable bonds is 6. The molecule has 1 saturated heterocycles. The average molecular weight is 455 g/mol. The van der Waals surface area contributed by atoms with Crippen molar-refractivity contribution in [3.05, 3.63) is 49.1 Å². The number of fused-ring (bicyclic) bond motifs is 1. The highest BCUT2D eigenvalue weighted by Gasteiger charge is 2.17. The van der Waals surface area contributed by atoms with Gasteiger partial charge in [-0.15, -0.1) is 0 Å². The molecular formula is C20H22N8O3S. The number of aromatic nitrogens is 6. The normalized spacial score (nSPS) is 15.2. The summed E-state index contributed by atoms with van der Waals surface area (Å²) in [6.45, 7) is 1.51. The minimum atomic E-state index is -3.37. The molecule has 0 aliphatic carbocycles. The summed E-state index contributed by atoms with van der Waals surface area (Å²) in [6, 6.07) is 7.27. The van der Waals surface area contributed by atoms with Crippen molar-refractivity contribution in [2.45, 2.75) is 18.9 Å². The van der Waals surface area contributed by atoms with Crippen molar-refractivity contribution in [3.8, 4) is 11.4 Å². The highest BCUT2D eigenvalue weighted by Crippen LogP contribution is 2.23. The van der Waals surface area contributed by atoms with Gasteiger partial charge in [-0.1, -0.05) is 12.1 Å². The standard InChI is InChI=1S/C20H22N8O3S/c1-32(29,30)26-15-4-2-3-14(9-15)20-21-12-19-18(24-20)11-23-28(19)25-16-10-22-27(13-16)17-5-7-31-8-6-17/h2-4,9-13,17,25-26H,5-8H2,1H3. The summed E-state index contributed by atoms with van der Waals surface area (Å²) in [5.74, 6) is 0.474. The van der Waals surface area contributed by atoms with Crippen LogP contribution in [0.1, 0.15) is 18.9 Å². The number of nitrogens with zero attached hydrogens (tertiary/aromatic N) is 6. The zero-order valence-electron chi connectivity index (χ0n) is 17.3. The van der Waals surface area contributed by atoms with Gasteiger partial charge in [-0.25, -0.2) is 18.4 Å². The Morgan fingerprint density at radius 3 is 2.75 bits per heavy atom. The maximum atomic E-state index is 11.5. The number of sulfonamides is 1. The van der Waals surface area contributed by atoms with Crippen LogP contribution in [-0.2, 0) is 14.8 Å². The van der Waals surface area contributed by atoms with Crippen LogP contribution in [0.5, 0.6) is 0 Å². The number of ether oxygens (including phenoxy) is 1. The van der Waals surface area contributed by atoms with Crippen LogP contribution in [0, 0.1) is 0 Å². The first-order valence-electron chi connectivity index (χ1n) is 10.1. The first-order chi connectivity index (χ1) is 15.4. The van der Waals surface area contributed by atoms with Crippen molar-refractivity contribution in [2.24, 2.45) is 0 Å². The van der Waals surface area contributed by atoms with Crippen LogP contribution in [0.25, 0.3) is 22.4 Å². The lowest BCUT2D eigenvalue weighted by molar-refractivity contribution is 0.0662. The van der Waals surface area contributed by atoms with E-state index in [1.54, 1.807) is 41.6 Å². The Bertz CT molecular complexity index is 1360. The Morgan fingerprint density at radius 1 is 1.09 bits per heavy atom. The SMILES string of the molecule is CS(=O)(=O)Nc1cccc(-c2ncc3c(cnn3Nc3cnn(C4CCOCC4)c3)n2)c1. The van der Waals surface area contributed by atoms with Gasteiger partial charge in [0, 0.05) is 24.5 Å². The molecule has 0 unspecified atom stereocenters. The minimum absolute atomic E-state index is 0.340. The van der Waals surface area contributed by atoms with Gasteiger partial charge in [-0.2, -0.15) is 15.0 Å². The zero-order chi connectivity index (χ0) is 22.1. The predicted molar refractivity (Wildman–Crippen MR) is 120 cm³/mol. The molecule has 0 saturated carbocycles. The Hall–Kier alpha value is -3.51. The van der Waals surface area contributed by atoms with Gasteiger partial charge in [0.2, 0.25) is 10.0 Å². The van der Waals surface area contributed by atoms with E-state index in [9.17, 15) is 8.42 Å². The summed E-state index contributed by atoms with van der Waals surface area (Å²) in [5, 5.41) is 8.83. The van der Waals surface area contributed by atoms with Gasteiger partial charge in [0.15, 0.2) is 5.82 Å². The Balaban J connectivity index is 1.37. The largest absolute Gasteiger partial charge is 0.381 e. The fourth-order valence-corrected chi connectivity index (χ4v) is 4.21. The molecule has 0 amide bonds. The molecule has 0 bridgehead atoms. The van der Waals surface area contributed by atoms with Crippen LogP contribution < -0.4 is 10.1 Å². The highest BCUT2D eigenvalue weighted by molar-refractivity contribution is 7.92. The smallest absolute Gasteiger partial charge is 0.229 e. The van der Waals surface area contributed by atoms with Gasteiger partial charge in [0.05, 0.1) is 42.8 Å². The van der Waals surface area contributed by atoms with E-state index in [-0.39, 0.29) is 0 Å². The van der Waals surface area contributed by atoms with Gasteiger partial charge in [-0.05, 0) is 25.0 Å². The molecule has 0 atom stereocenters. The van der Waals surface area contributed by atoms with Crippen LogP contribution in [0.2, 0.25) is 0 Å². The Morgan fingerprint density at radius 2 is 1.94 bits per heavy atom. The fraction of sp³-hybridized carbons (Fsp3) is 0.300. The second kappa shape index (κ2) is 8.20. The van der Waals surface area contributed by atoms with Gasteiger partial charge in [0.1, 0.15) is 11.0 Å². The van der Waals surface area contributed by atoms with Crippen molar-refractivity contribution >= 4 is 32.4 Å². The molecule has 32 heavy (non-hydrogen) atoms. The molecule has 3 aromatic heterocycles. The van der Waals surface area contributed by atoms with Crippen molar-refractivity contribution in [1.82, 2.24) is 29.6 Å². The fourth-order valence-electron chi connectivity index (χ4n) is 3.65. The topological polar surface area (TPSA) is 129 Å². The quantitative estimate of drug-likeness (QED) is 0.454. The molecule has 1 fully saturated rings. The van der Waals surface area contributed by atoms with E-state index in [1.807, 2.05) is 16.9 Å². The molecule has 1 aliphatic heterocycles. The summed E-state index contributed by atoms with van der Waals surface area (Å²) >= 11 is 0. The van der Waals surface area contributed by atoms with Gasteiger partial charge < -0.3 is 4.74 Å². The van der Waals surface area contributed by atoms with E-state index >= 15 is 0 Å². The van der Waals surface area contributed by atoms with E-state index in [0.717, 1.165) is 38.0 Å². The lowest BCUT2D eigenvalue weighted by atomic mass is 10.1. The van der Waals surface area contributed by atoms with E-state index in [2.05, 4.69) is 30.3 Å². The molecule has 11 nitrogen and oxygen atoms in total. The third kappa shape index (κ3) is 4.41. The number of anilines is 2. The number of benzene rings is 1. The Kier molecular flexibility index (Phi) is 5.23. The van der Waals surface area contributed by atoms with Crippen LogP contribution in [0.3, 0.4) is 0 Å². The third-order valence-electron chi connectivity index (χ3n) is 5.15. The van der Waals surface area contributed by atoms with Crippen molar-refractivity contribution in [3.63, 3.8) is 0 Å². The van der Waals surface area contributed by atoms with Gasteiger partial charge in [-0.3, -0.25) is 14.8 Å². The molecule has 4 aromatic rings. The van der Waals surface area contributed by atoms with E-state index < -0.39 is 10.0 Å². The molecular weight excluding hydrogens is 432 g/mol. The average Bonchev–Trinajstić information content (AvgIpc) is 3.41. The maximum absolute atomic E-state index is 11.5. The maximum Gasteiger partial charge on any atom is 0.229 e.